The van der Waals surface area contributed by atoms with Gasteiger partial charge in [0.2, 0.25) is 0 Å². The Morgan fingerprint density at radius 1 is 1.28 bits per heavy atom. The summed E-state index contributed by atoms with van der Waals surface area (Å²) >= 11 is 1.40. The van der Waals surface area contributed by atoms with Gasteiger partial charge in [-0.05, 0) is 18.2 Å². The van der Waals surface area contributed by atoms with Gasteiger partial charge in [-0.25, -0.2) is 4.79 Å². The van der Waals surface area contributed by atoms with Crippen molar-refractivity contribution in [2.75, 3.05) is 14.2 Å². The normalized spacial score (nSPS) is 11.0. The van der Waals surface area contributed by atoms with E-state index in [1.165, 1.54) is 18.4 Å². The summed E-state index contributed by atoms with van der Waals surface area (Å²) in [5.74, 6) is 0.470. The van der Waals surface area contributed by atoms with Crippen LogP contribution in [-0.2, 0) is 4.74 Å². The highest BCUT2D eigenvalue weighted by molar-refractivity contribution is 7.20. The number of benzene rings is 1. The van der Waals surface area contributed by atoms with E-state index in [1.807, 2.05) is 24.4 Å². The van der Waals surface area contributed by atoms with E-state index in [9.17, 15) is 4.79 Å². The highest BCUT2D eigenvalue weighted by Crippen LogP contribution is 2.38. The van der Waals surface area contributed by atoms with Crippen LogP contribution in [0.5, 0.6) is 5.75 Å². The first kappa shape index (κ1) is 11.1. The third-order valence-electron chi connectivity index (χ3n) is 2.90. The topological polar surface area (TPSA) is 51.3 Å². The summed E-state index contributed by atoms with van der Waals surface area (Å²) in [4.78, 5) is 15.3. The number of rotatable bonds is 2. The molecule has 3 aromatic rings. The van der Waals surface area contributed by atoms with Crippen LogP contribution in [0.2, 0.25) is 0 Å². The molecule has 2 aromatic heterocycles. The van der Waals surface area contributed by atoms with E-state index in [0.717, 1.165) is 26.7 Å². The van der Waals surface area contributed by atoms with Crippen molar-refractivity contribution in [1.29, 1.82) is 0 Å². The smallest absolute Gasteiger partial charge is 0.348 e. The van der Waals surface area contributed by atoms with Gasteiger partial charge in [-0.2, -0.15) is 0 Å². The molecular formula is C13H11NO3S. The molecule has 18 heavy (non-hydrogen) atoms. The van der Waals surface area contributed by atoms with Crippen LogP contribution in [-0.4, -0.2) is 25.2 Å². The lowest BCUT2D eigenvalue weighted by Crippen LogP contribution is -1.96. The molecule has 0 aliphatic carbocycles. The fraction of sp³-hybridized carbons (Fsp3) is 0.154. The van der Waals surface area contributed by atoms with Crippen molar-refractivity contribution >= 4 is 38.3 Å². The lowest BCUT2D eigenvalue weighted by atomic mass is 10.1. The lowest BCUT2D eigenvalue weighted by molar-refractivity contribution is 0.0606. The third kappa shape index (κ3) is 1.48. The number of thiophene rings is 1. The number of hydrogen-bond donors (Lipinski definition) is 1. The van der Waals surface area contributed by atoms with Gasteiger partial charge in [0.05, 0.1) is 19.7 Å². The molecule has 0 radical (unpaired) electrons. The van der Waals surface area contributed by atoms with Crippen LogP contribution in [0.3, 0.4) is 0 Å². The summed E-state index contributed by atoms with van der Waals surface area (Å²) < 4.78 is 11.2. The van der Waals surface area contributed by atoms with E-state index < -0.39 is 0 Å². The summed E-state index contributed by atoms with van der Waals surface area (Å²) in [5, 5.41) is 1.95. The van der Waals surface area contributed by atoms with Crippen molar-refractivity contribution in [3.8, 4) is 5.75 Å². The zero-order chi connectivity index (χ0) is 12.7. The highest BCUT2D eigenvalue weighted by Gasteiger charge is 2.15. The Kier molecular flexibility index (Phi) is 2.48. The Morgan fingerprint density at radius 3 is 2.83 bits per heavy atom. The van der Waals surface area contributed by atoms with E-state index in [1.54, 1.807) is 7.11 Å². The molecule has 5 heteroatoms. The number of esters is 1. The summed E-state index contributed by atoms with van der Waals surface area (Å²) in [7, 11) is 3.02. The lowest BCUT2D eigenvalue weighted by Gasteiger charge is -2.03. The minimum Gasteiger partial charge on any atom is -0.495 e. The molecule has 0 saturated heterocycles. The number of nitrogens with one attached hydrogen (secondary N) is 1. The zero-order valence-electron chi connectivity index (χ0n) is 9.94. The van der Waals surface area contributed by atoms with Crippen molar-refractivity contribution in [1.82, 2.24) is 4.98 Å². The SMILES string of the molecule is COC(=O)c1cc2c(OC)c3cc[nH]c3cc2s1. The summed E-state index contributed by atoms with van der Waals surface area (Å²) in [6.07, 6.45) is 1.87. The summed E-state index contributed by atoms with van der Waals surface area (Å²) in [6, 6.07) is 5.80. The van der Waals surface area contributed by atoms with Crippen LogP contribution in [0, 0.1) is 0 Å². The van der Waals surface area contributed by atoms with Gasteiger partial charge in [0.1, 0.15) is 10.6 Å². The highest BCUT2D eigenvalue weighted by atomic mass is 32.1. The molecule has 0 fully saturated rings. The number of aromatic amines is 1. The quantitative estimate of drug-likeness (QED) is 0.721. The second-order valence-electron chi connectivity index (χ2n) is 3.86. The number of H-pyrrole nitrogens is 1. The Hall–Kier alpha value is -2.01. The maximum absolute atomic E-state index is 11.6. The molecule has 2 heterocycles. The second kappa shape index (κ2) is 4.03. The number of carbonyl (C=O) groups excluding carboxylic acids is 1. The molecule has 0 spiro atoms. The number of aromatic nitrogens is 1. The molecule has 0 unspecified atom stereocenters. The van der Waals surface area contributed by atoms with Gasteiger partial charge in [0.15, 0.2) is 0 Å². The number of fused-ring (bicyclic) bond motifs is 2. The van der Waals surface area contributed by atoms with Crippen LogP contribution in [0.25, 0.3) is 21.0 Å². The zero-order valence-corrected chi connectivity index (χ0v) is 10.8. The molecular weight excluding hydrogens is 250 g/mol. The van der Waals surface area contributed by atoms with Crippen LogP contribution >= 0.6 is 11.3 Å². The first-order chi connectivity index (χ1) is 8.74. The van der Waals surface area contributed by atoms with Crippen LogP contribution in [0.4, 0.5) is 0 Å². The van der Waals surface area contributed by atoms with E-state index in [2.05, 4.69) is 4.98 Å². The van der Waals surface area contributed by atoms with Gasteiger partial charge in [0, 0.05) is 21.7 Å². The fourth-order valence-corrected chi connectivity index (χ4v) is 3.11. The van der Waals surface area contributed by atoms with Crippen molar-refractivity contribution in [2.45, 2.75) is 0 Å². The van der Waals surface area contributed by atoms with Crippen molar-refractivity contribution in [3.05, 3.63) is 29.3 Å². The molecule has 92 valence electrons. The van der Waals surface area contributed by atoms with Crippen molar-refractivity contribution in [3.63, 3.8) is 0 Å². The first-order valence-electron chi connectivity index (χ1n) is 5.40. The average molecular weight is 261 g/mol. The standard InChI is InChI=1S/C13H11NO3S/c1-16-12-7-3-4-14-9(7)6-10-8(12)5-11(18-10)13(15)17-2/h3-6,14H,1-2H3. The summed E-state index contributed by atoms with van der Waals surface area (Å²) in [5.41, 5.74) is 0.998. The van der Waals surface area contributed by atoms with Crippen LogP contribution < -0.4 is 4.74 Å². The van der Waals surface area contributed by atoms with Gasteiger partial charge >= 0.3 is 5.97 Å². The molecule has 0 saturated carbocycles. The molecule has 1 aromatic carbocycles. The van der Waals surface area contributed by atoms with E-state index in [4.69, 9.17) is 9.47 Å². The number of methoxy groups -OCH3 is 2. The van der Waals surface area contributed by atoms with Gasteiger partial charge < -0.3 is 14.5 Å². The predicted molar refractivity (Wildman–Crippen MR) is 71.6 cm³/mol. The monoisotopic (exact) mass is 261 g/mol. The number of hydrogen-bond acceptors (Lipinski definition) is 4. The predicted octanol–water partition coefficient (Wildman–Crippen LogP) is 3.18. The Labute approximate surface area is 107 Å². The van der Waals surface area contributed by atoms with E-state index in [-0.39, 0.29) is 5.97 Å². The maximum Gasteiger partial charge on any atom is 0.348 e. The Bertz CT molecular complexity index is 741. The molecule has 0 atom stereocenters. The van der Waals surface area contributed by atoms with E-state index in [0.29, 0.717) is 4.88 Å². The number of ether oxygens (including phenoxy) is 2. The van der Waals surface area contributed by atoms with Crippen LogP contribution in [0.1, 0.15) is 9.67 Å². The Balaban J connectivity index is 2.35. The fourth-order valence-electron chi connectivity index (χ4n) is 2.09. The molecule has 1 N–H and O–H groups in total. The third-order valence-corrected chi connectivity index (χ3v) is 3.96. The molecule has 3 rings (SSSR count). The maximum atomic E-state index is 11.6. The van der Waals surface area contributed by atoms with Gasteiger partial charge in [0.25, 0.3) is 0 Å². The first-order valence-corrected chi connectivity index (χ1v) is 6.22. The van der Waals surface area contributed by atoms with E-state index >= 15 is 0 Å². The molecule has 0 amide bonds. The summed E-state index contributed by atoms with van der Waals surface area (Å²) in [6.45, 7) is 0. The number of carbonyl (C=O) groups is 1. The second-order valence-corrected chi connectivity index (χ2v) is 4.95. The molecule has 0 bridgehead atoms. The molecule has 0 aliphatic heterocycles. The van der Waals surface area contributed by atoms with Gasteiger partial charge in [-0.1, -0.05) is 0 Å². The van der Waals surface area contributed by atoms with Crippen molar-refractivity contribution < 1.29 is 14.3 Å². The molecule has 4 nitrogen and oxygen atoms in total. The minimum atomic E-state index is -0.318. The Morgan fingerprint density at radius 2 is 2.11 bits per heavy atom. The van der Waals surface area contributed by atoms with Gasteiger partial charge in [-0.15, -0.1) is 11.3 Å². The van der Waals surface area contributed by atoms with Crippen molar-refractivity contribution in [2.24, 2.45) is 0 Å². The van der Waals surface area contributed by atoms with Crippen LogP contribution in [0.15, 0.2) is 24.4 Å². The molecule has 0 aliphatic rings. The average Bonchev–Trinajstić information content (AvgIpc) is 3.00. The minimum absolute atomic E-state index is 0.318. The van der Waals surface area contributed by atoms with Gasteiger partial charge in [-0.3, -0.25) is 0 Å². The largest absolute Gasteiger partial charge is 0.495 e.